The molecule has 0 N–H and O–H groups in total. The zero-order valence-electron chi connectivity index (χ0n) is 13.6. The molecule has 0 amide bonds. The van der Waals surface area contributed by atoms with Crippen LogP contribution in [0.3, 0.4) is 0 Å². The van der Waals surface area contributed by atoms with E-state index in [0.29, 0.717) is 5.15 Å². The van der Waals surface area contributed by atoms with Crippen molar-refractivity contribution in [1.82, 2.24) is 14.9 Å². The molecule has 4 rings (SSSR count). The van der Waals surface area contributed by atoms with Gasteiger partial charge in [0, 0.05) is 56.2 Å². The minimum atomic E-state index is 0.631. The lowest BCUT2D eigenvalue weighted by molar-refractivity contribution is 0.243. The van der Waals surface area contributed by atoms with Crippen LogP contribution in [-0.4, -0.2) is 46.0 Å². The van der Waals surface area contributed by atoms with Crippen molar-refractivity contribution in [1.29, 1.82) is 0 Å². The van der Waals surface area contributed by atoms with Crippen LogP contribution in [-0.2, 0) is 19.5 Å². The fourth-order valence-electron chi connectivity index (χ4n) is 3.30. The molecule has 0 spiro atoms. The van der Waals surface area contributed by atoms with E-state index in [-0.39, 0.29) is 0 Å². The van der Waals surface area contributed by atoms with Gasteiger partial charge in [-0.25, -0.2) is 9.97 Å². The van der Waals surface area contributed by atoms with E-state index in [4.69, 9.17) is 16.6 Å². The largest absolute Gasteiger partial charge is 0.339 e. The Kier molecular flexibility index (Phi) is 4.92. The summed E-state index contributed by atoms with van der Waals surface area (Å²) in [5, 5.41) is 0.631. The number of nitrogens with zero attached hydrogens (tertiary/aromatic N) is 4. The third-order valence-electron chi connectivity index (χ3n) is 4.62. The van der Waals surface area contributed by atoms with Gasteiger partial charge in [0.1, 0.15) is 5.15 Å². The molecule has 0 aliphatic carbocycles. The molecule has 1 saturated heterocycles. The van der Waals surface area contributed by atoms with Crippen molar-refractivity contribution >= 4 is 29.3 Å². The van der Waals surface area contributed by atoms with E-state index in [1.54, 1.807) is 0 Å². The van der Waals surface area contributed by atoms with Gasteiger partial charge in [-0.05, 0) is 5.56 Å². The van der Waals surface area contributed by atoms with Crippen LogP contribution >= 0.6 is 23.4 Å². The minimum Gasteiger partial charge on any atom is -0.339 e. The number of anilines is 1. The molecule has 0 bridgehead atoms. The van der Waals surface area contributed by atoms with Gasteiger partial charge in [-0.3, -0.25) is 4.90 Å². The van der Waals surface area contributed by atoms with Gasteiger partial charge in [0.25, 0.3) is 0 Å². The van der Waals surface area contributed by atoms with Crippen LogP contribution in [0.1, 0.15) is 16.8 Å². The number of halogens is 1. The van der Waals surface area contributed by atoms with Gasteiger partial charge in [-0.15, -0.1) is 0 Å². The van der Waals surface area contributed by atoms with E-state index < -0.39 is 0 Å². The van der Waals surface area contributed by atoms with E-state index in [1.165, 1.54) is 5.56 Å². The van der Waals surface area contributed by atoms with Crippen molar-refractivity contribution in [2.24, 2.45) is 0 Å². The highest BCUT2D eigenvalue weighted by atomic mass is 35.5. The summed E-state index contributed by atoms with van der Waals surface area (Å²) < 4.78 is 0. The van der Waals surface area contributed by atoms with Gasteiger partial charge >= 0.3 is 0 Å². The first-order valence-electron chi connectivity index (χ1n) is 8.44. The molecule has 1 fully saturated rings. The summed E-state index contributed by atoms with van der Waals surface area (Å²) in [6, 6.07) is 10.6. The van der Waals surface area contributed by atoms with Crippen molar-refractivity contribution in [3.8, 4) is 0 Å². The first kappa shape index (κ1) is 16.2. The second kappa shape index (κ2) is 7.30. The van der Waals surface area contributed by atoms with Crippen LogP contribution in [0.4, 0.5) is 5.95 Å². The van der Waals surface area contributed by atoms with Crippen molar-refractivity contribution < 1.29 is 0 Å². The molecule has 2 aromatic rings. The fraction of sp³-hybridized carbons (Fsp3) is 0.444. The number of fused-ring (bicyclic) bond motifs is 1. The molecular formula is C18H21ClN4S. The molecule has 126 valence electrons. The number of hydrogen-bond acceptors (Lipinski definition) is 5. The molecule has 0 atom stereocenters. The maximum absolute atomic E-state index is 6.53. The third kappa shape index (κ3) is 3.53. The first-order chi connectivity index (χ1) is 11.8. The smallest absolute Gasteiger partial charge is 0.227 e. The van der Waals surface area contributed by atoms with Crippen molar-refractivity contribution in [2.75, 3.05) is 36.0 Å². The molecule has 2 aliphatic heterocycles. The lowest BCUT2D eigenvalue weighted by Crippen LogP contribution is -2.36. The lowest BCUT2D eigenvalue weighted by atomic mass is 10.1. The molecule has 24 heavy (non-hydrogen) atoms. The zero-order valence-corrected chi connectivity index (χ0v) is 15.2. The second-order valence-electron chi connectivity index (χ2n) is 6.29. The van der Waals surface area contributed by atoms with Crippen LogP contribution in [0, 0.1) is 0 Å². The van der Waals surface area contributed by atoms with Crippen LogP contribution in [0.15, 0.2) is 30.3 Å². The molecule has 1 aromatic heterocycles. The highest BCUT2D eigenvalue weighted by molar-refractivity contribution is 7.99. The molecule has 4 nitrogen and oxygen atoms in total. The van der Waals surface area contributed by atoms with Gasteiger partial charge < -0.3 is 4.90 Å². The predicted molar refractivity (Wildman–Crippen MR) is 101 cm³/mol. The third-order valence-corrected chi connectivity index (χ3v) is 5.88. The monoisotopic (exact) mass is 360 g/mol. The lowest BCUT2D eigenvalue weighted by Gasteiger charge is -2.31. The normalized spacial score (nSPS) is 18.5. The molecule has 0 saturated carbocycles. The number of hydrogen-bond donors (Lipinski definition) is 0. The van der Waals surface area contributed by atoms with Crippen LogP contribution < -0.4 is 4.90 Å². The summed E-state index contributed by atoms with van der Waals surface area (Å²) in [5.74, 6) is 3.10. The predicted octanol–water partition coefficient (Wildman–Crippen LogP) is 3.24. The van der Waals surface area contributed by atoms with Crippen molar-refractivity contribution in [2.45, 2.75) is 19.5 Å². The number of aromatic nitrogens is 2. The van der Waals surface area contributed by atoms with E-state index in [1.807, 2.05) is 11.8 Å². The highest BCUT2D eigenvalue weighted by Crippen LogP contribution is 2.27. The molecule has 6 heteroatoms. The number of rotatable bonds is 3. The Hall–Kier alpha value is -1.30. The molecule has 0 unspecified atom stereocenters. The molecule has 1 aromatic carbocycles. The maximum Gasteiger partial charge on any atom is 0.227 e. The fourth-order valence-corrected chi connectivity index (χ4v) is 4.45. The molecule has 2 aliphatic rings. The van der Waals surface area contributed by atoms with Gasteiger partial charge in [-0.2, -0.15) is 11.8 Å². The molecular weight excluding hydrogens is 340 g/mol. The topological polar surface area (TPSA) is 32.3 Å². The Labute approximate surface area is 152 Å². The van der Waals surface area contributed by atoms with E-state index >= 15 is 0 Å². The average Bonchev–Trinajstić information content (AvgIpc) is 2.64. The summed E-state index contributed by atoms with van der Waals surface area (Å²) in [6.45, 7) is 4.82. The minimum absolute atomic E-state index is 0.631. The van der Waals surface area contributed by atoms with E-state index in [9.17, 15) is 0 Å². The van der Waals surface area contributed by atoms with Gasteiger partial charge in [0.2, 0.25) is 5.95 Å². The summed E-state index contributed by atoms with van der Waals surface area (Å²) in [7, 11) is 0. The number of thioether (sulfide) groups is 1. The average molecular weight is 361 g/mol. The van der Waals surface area contributed by atoms with Gasteiger partial charge in [-0.1, -0.05) is 41.9 Å². The Balaban J connectivity index is 1.51. The Morgan fingerprint density at radius 3 is 2.62 bits per heavy atom. The van der Waals surface area contributed by atoms with Crippen LogP contribution in [0.5, 0.6) is 0 Å². The number of benzene rings is 1. The van der Waals surface area contributed by atoms with Crippen LogP contribution in [0.25, 0.3) is 0 Å². The Morgan fingerprint density at radius 2 is 1.83 bits per heavy atom. The van der Waals surface area contributed by atoms with Gasteiger partial charge in [0.15, 0.2) is 0 Å². The zero-order chi connectivity index (χ0) is 16.4. The second-order valence-corrected chi connectivity index (χ2v) is 7.87. The summed E-state index contributed by atoms with van der Waals surface area (Å²) in [6.07, 6.45) is 0.944. The Morgan fingerprint density at radius 1 is 1.04 bits per heavy atom. The van der Waals surface area contributed by atoms with Gasteiger partial charge in [0.05, 0.1) is 5.69 Å². The highest BCUT2D eigenvalue weighted by Gasteiger charge is 2.24. The maximum atomic E-state index is 6.53. The van der Waals surface area contributed by atoms with Crippen LogP contribution in [0.2, 0.25) is 5.15 Å². The summed E-state index contributed by atoms with van der Waals surface area (Å²) >= 11 is 8.52. The quantitative estimate of drug-likeness (QED) is 0.784. The molecule has 0 radical (unpaired) electrons. The van der Waals surface area contributed by atoms with E-state index in [2.05, 4.69) is 45.1 Å². The molecule has 3 heterocycles. The summed E-state index contributed by atoms with van der Waals surface area (Å²) in [4.78, 5) is 14.1. The first-order valence-corrected chi connectivity index (χ1v) is 9.97. The van der Waals surface area contributed by atoms with Crippen molar-refractivity contribution in [3.05, 3.63) is 52.3 Å². The standard InChI is InChI=1S/C18H21ClN4S/c19-17-15-13-22(12-14-4-2-1-3-5-14)7-6-16(15)20-18(21-17)23-8-10-24-11-9-23/h1-5H,6-13H2. The Bertz CT molecular complexity index is 704. The van der Waals surface area contributed by atoms with E-state index in [0.717, 1.165) is 67.9 Å². The summed E-state index contributed by atoms with van der Waals surface area (Å²) in [5.41, 5.74) is 3.57. The SMILES string of the molecule is Clc1nc(N2CCSCC2)nc2c1CN(Cc1ccccc1)CC2. The van der Waals surface area contributed by atoms with Crippen molar-refractivity contribution in [3.63, 3.8) is 0 Å².